The molecule has 0 fully saturated rings. The maximum absolute atomic E-state index is 12.7. The molecule has 1 N–H and O–H groups in total. The van der Waals surface area contributed by atoms with Gasteiger partial charge in [0.05, 0.1) is 10.9 Å². The molecule has 1 unspecified atom stereocenters. The van der Waals surface area contributed by atoms with Crippen LogP contribution in [0.25, 0.3) is 0 Å². The number of aromatic amines is 1. The van der Waals surface area contributed by atoms with Gasteiger partial charge in [0.15, 0.2) is 16.7 Å². The van der Waals surface area contributed by atoms with Gasteiger partial charge in [-0.25, -0.2) is 0 Å². The Labute approximate surface area is 133 Å². The largest absolute Gasteiger partial charge is 0.355 e. The minimum atomic E-state index is -0.314. The summed E-state index contributed by atoms with van der Waals surface area (Å²) in [6.07, 6.45) is 1.65. The van der Waals surface area contributed by atoms with Crippen LogP contribution in [-0.4, -0.2) is 36.6 Å². The lowest BCUT2D eigenvalue weighted by Crippen LogP contribution is -2.16. The average molecular weight is 320 g/mol. The van der Waals surface area contributed by atoms with E-state index in [1.165, 1.54) is 18.7 Å². The normalized spacial score (nSPS) is 12.4. The van der Waals surface area contributed by atoms with E-state index >= 15 is 0 Å². The number of aromatic nitrogens is 4. The van der Waals surface area contributed by atoms with E-state index in [0.29, 0.717) is 11.3 Å². The standard InChI is InChI=1S/C15H20N4O2S/c1-6-19-7-16-18-15(19)22-11(5)14(21)13-8(2)12(10(4)20)9(3)17-13/h7,11,17H,6H2,1-5H3. The molecular formula is C15H20N4O2S. The van der Waals surface area contributed by atoms with Gasteiger partial charge in [-0.1, -0.05) is 11.8 Å². The molecule has 2 heterocycles. The van der Waals surface area contributed by atoms with Crippen LogP contribution < -0.4 is 0 Å². The summed E-state index contributed by atoms with van der Waals surface area (Å²) in [5.74, 6) is -0.0694. The Bertz CT molecular complexity index is 717. The molecule has 0 bridgehead atoms. The Morgan fingerprint density at radius 1 is 1.41 bits per heavy atom. The molecule has 2 aromatic rings. The lowest BCUT2D eigenvalue weighted by Gasteiger charge is -2.10. The zero-order chi connectivity index (χ0) is 16.4. The molecule has 118 valence electrons. The summed E-state index contributed by atoms with van der Waals surface area (Å²) >= 11 is 1.37. The van der Waals surface area contributed by atoms with E-state index in [1.54, 1.807) is 13.3 Å². The summed E-state index contributed by atoms with van der Waals surface area (Å²) in [5, 5.41) is 8.31. The van der Waals surface area contributed by atoms with Crippen molar-refractivity contribution >= 4 is 23.3 Å². The van der Waals surface area contributed by atoms with Crippen molar-refractivity contribution in [1.82, 2.24) is 19.7 Å². The van der Waals surface area contributed by atoms with Crippen LogP contribution >= 0.6 is 11.8 Å². The van der Waals surface area contributed by atoms with E-state index < -0.39 is 0 Å². The van der Waals surface area contributed by atoms with Crippen LogP contribution in [0.3, 0.4) is 0 Å². The number of carbonyl (C=O) groups excluding carboxylic acids is 2. The number of hydrogen-bond acceptors (Lipinski definition) is 5. The first-order chi connectivity index (χ1) is 10.4. The van der Waals surface area contributed by atoms with Gasteiger partial charge in [0, 0.05) is 17.8 Å². The maximum atomic E-state index is 12.7. The molecule has 22 heavy (non-hydrogen) atoms. The topological polar surface area (TPSA) is 80.6 Å². The van der Waals surface area contributed by atoms with Gasteiger partial charge in [-0.15, -0.1) is 10.2 Å². The molecule has 2 rings (SSSR count). The Morgan fingerprint density at radius 2 is 2.09 bits per heavy atom. The minimum Gasteiger partial charge on any atom is -0.355 e. The minimum absolute atomic E-state index is 0.0312. The first kappa shape index (κ1) is 16.5. The highest BCUT2D eigenvalue weighted by Crippen LogP contribution is 2.26. The fraction of sp³-hybridized carbons (Fsp3) is 0.467. The molecular weight excluding hydrogens is 300 g/mol. The van der Waals surface area contributed by atoms with Gasteiger partial charge >= 0.3 is 0 Å². The fourth-order valence-electron chi connectivity index (χ4n) is 2.49. The number of Topliss-reactive ketones (excluding diaryl/α,β-unsaturated/α-hetero) is 2. The number of nitrogens with zero attached hydrogens (tertiary/aromatic N) is 3. The average Bonchev–Trinajstić information content (AvgIpc) is 3.01. The molecule has 1 atom stereocenters. The van der Waals surface area contributed by atoms with Crippen LogP contribution in [0.15, 0.2) is 11.5 Å². The quantitative estimate of drug-likeness (QED) is 0.654. The van der Waals surface area contributed by atoms with Crippen LogP contribution in [-0.2, 0) is 6.54 Å². The van der Waals surface area contributed by atoms with Crippen LogP contribution in [0.1, 0.15) is 52.9 Å². The van der Waals surface area contributed by atoms with E-state index in [-0.39, 0.29) is 16.8 Å². The lowest BCUT2D eigenvalue weighted by atomic mass is 10.0. The summed E-state index contributed by atoms with van der Waals surface area (Å²) in [6.45, 7) is 9.72. The summed E-state index contributed by atoms with van der Waals surface area (Å²) in [4.78, 5) is 27.4. The number of rotatable bonds is 6. The molecule has 0 saturated carbocycles. The molecule has 7 heteroatoms. The van der Waals surface area contributed by atoms with Crippen molar-refractivity contribution in [2.24, 2.45) is 0 Å². The highest BCUT2D eigenvalue weighted by molar-refractivity contribution is 8.00. The molecule has 0 aliphatic carbocycles. The molecule has 0 spiro atoms. The van der Waals surface area contributed by atoms with E-state index in [4.69, 9.17) is 0 Å². The van der Waals surface area contributed by atoms with Crippen molar-refractivity contribution in [2.75, 3.05) is 0 Å². The lowest BCUT2D eigenvalue weighted by molar-refractivity contribution is 0.0988. The smallest absolute Gasteiger partial charge is 0.192 e. The van der Waals surface area contributed by atoms with Crippen molar-refractivity contribution in [3.63, 3.8) is 0 Å². The number of aryl methyl sites for hydroxylation is 2. The van der Waals surface area contributed by atoms with Crippen molar-refractivity contribution in [1.29, 1.82) is 0 Å². The molecule has 0 amide bonds. The van der Waals surface area contributed by atoms with Gasteiger partial charge in [0.2, 0.25) is 0 Å². The third kappa shape index (κ3) is 2.99. The van der Waals surface area contributed by atoms with Gasteiger partial charge in [0.1, 0.15) is 6.33 Å². The van der Waals surface area contributed by atoms with Gasteiger partial charge in [0.25, 0.3) is 0 Å². The number of nitrogens with one attached hydrogen (secondary N) is 1. The maximum Gasteiger partial charge on any atom is 0.192 e. The number of ketones is 2. The third-order valence-electron chi connectivity index (χ3n) is 3.61. The second-order valence-electron chi connectivity index (χ2n) is 5.21. The SMILES string of the molecule is CCn1cnnc1SC(C)C(=O)c1[nH]c(C)c(C(C)=O)c1C. The first-order valence-electron chi connectivity index (χ1n) is 7.15. The summed E-state index contributed by atoms with van der Waals surface area (Å²) in [7, 11) is 0. The number of thioether (sulfide) groups is 1. The van der Waals surface area contributed by atoms with E-state index in [2.05, 4.69) is 15.2 Å². The second kappa shape index (κ2) is 6.48. The third-order valence-corrected chi connectivity index (χ3v) is 4.70. The molecule has 6 nitrogen and oxygen atoms in total. The van der Waals surface area contributed by atoms with Crippen LogP contribution in [0.2, 0.25) is 0 Å². The van der Waals surface area contributed by atoms with Crippen molar-refractivity contribution in [3.05, 3.63) is 28.8 Å². The van der Waals surface area contributed by atoms with Gasteiger partial charge in [-0.2, -0.15) is 0 Å². The molecule has 0 saturated heterocycles. The molecule has 0 radical (unpaired) electrons. The van der Waals surface area contributed by atoms with E-state index in [9.17, 15) is 9.59 Å². The Kier molecular flexibility index (Phi) is 4.85. The van der Waals surface area contributed by atoms with Crippen molar-refractivity contribution in [3.8, 4) is 0 Å². The first-order valence-corrected chi connectivity index (χ1v) is 8.03. The zero-order valence-electron chi connectivity index (χ0n) is 13.4. The molecule has 0 aliphatic rings. The Balaban J connectivity index is 2.25. The molecule has 2 aromatic heterocycles. The van der Waals surface area contributed by atoms with Crippen molar-refractivity contribution < 1.29 is 9.59 Å². The highest BCUT2D eigenvalue weighted by atomic mass is 32.2. The van der Waals surface area contributed by atoms with Gasteiger partial charge < -0.3 is 9.55 Å². The fourth-order valence-corrected chi connectivity index (χ4v) is 3.44. The van der Waals surface area contributed by atoms with Crippen LogP contribution in [0.5, 0.6) is 0 Å². The summed E-state index contributed by atoms with van der Waals surface area (Å²) in [5.41, 5.74) is 2.57. The van der Waals surface area contributed by atoms with Crippen LogP contribution in [0.4, 0.5) is 0 Å². The predicted molar refractivity (Wildman–Crippen MR) is 85.6 cm³/mol. The number of carbonyl (C=O) groups is 2. The van der Waals surface area contributed by atoms with Crippen molar-refractivity contribution in [2.45, 2.75) is 51.6 Å². The molecule has 0 aromatic carbocycles. The van der Waals surface area contributed by atoms with Crippen LogP contribution in [0, 0.1) is 13.8 Å². The predicted octanol–water partition coefficient (Wildman–Crippen LogP) is 2.81. The molecule has 0 aliphatic heterocycles. The van der Waals surface area contributed by atoms with Gasteiger partial charge in [-0.3, -0.25) is 9.59 Å². The van der Waals surface area contributed by atoms with Gasteiger partial charge in [-0.05, 0) is 40.2 Å². The zero-order valence-corrected chi connectivity index (χ0v) is 14.2. The summed E-state index contributed by atoms with van der Waals surface area (Å²) in [6, 6.07) is 0. The number of hydrogen-bond donors (Lipinski definition) is 1. The second-order valence-corrected chi connectivity index (χ2v) is 6.51. The Hall–Kier alpha value is -1.89. The highest BCUT2D eigenvalue weighted by Gasteiger charge is 2.25. The Morgan fingerprint density at radius 3 is 2.64 bits per heavy atom. The number of H-pyrrole nitrogens is 1. The van der Waals surface area contributed by atoms with E-state index in [0.717, 1.165) is 23.0 Å². The van der Waals surface area contributed by atoms with E-state index in [1.807, 2.05) is 25.3 Å². The monoisotopic (exact) mass is 320 g/mol. The summed E-state index contributed by atoms with van der Waals surface area (Å²) < 4.78 is 1.89.